The summed E-state index contributed by atoms with van der Waals surface area (Å²) in [5.74, 6) is 4.68. The van der Waals surface area contributed by atoms with Crippen molar-refractivity contribution in [1.82, 2.24) is 5.32 Å². The lowest BCUT2D eigenvalue weighted by Gasteiger charge is -2.29. The van der Waals surface area contributed by atoms with Crippen LogP contribution < -0.4 is 5.32 Å². The van der Waals surface area contributed by atoms with Gasteiger partial charge in [-0.1, -0.05) is 30.7 Å². The Labute approximate surface area is 139 Å². The Bertz CT molecular complexity index is 595. The highest BCUT2D eigenvalue weighted by molar-refractivity contribution is 8.06. The van der Waals surface area contributed by atoms with Crippen molar-refractivity contribution in [3.8, 4) is 0 Å². The normalized spacial score (nSPS) is 20.8. The first-order valence-electron chi connectivity index (χ1n) is 7.40. The van der Waals surface area contributed by atoms with Gasteiger partial charge in [0.2, 0.25) is 0 Å². The monoisotopic (exact) mass is 341 g/mol. The van der Waals surface area contributed by atoms with Crippen LogP contribution in [0.4, 0.5) is 0 Å². The molecular weight excluding hydrogens is 322 g/mol. The van der Waals surface area contributed by atoms with Crippen molar-refractivity contribution in [1.29, 1.82) is 0 Å². The number of benzene rings is 1. The van der Waals surface area contributed by atoms with E-state index in [0.29, 0.717) is 10.3 Å². The fourth-order valence-electron chi connectivity index (χ4n) is 2.61. The average molecular weight is 342 g/mol. The van der Waals surface area contributed by atoms with Gasteiger partial charge in [0.15, 0.2) is 5.58 Å². The first-order valence-corrected chi connectivity index (χ1v) is 9.98. The van der Waals surface area contributed by atoms with E-state index in [0.717, 1.165) is 29.7 Å². The first kappa shape index (κ1) is 15.6. The van der Waals surface area contributed by atoms with Crippen molar-refractivity contribution in [2.24, 2.45) is 0 Å². The largest absolute Gasteiger partial charge is 0.458 e. The summed E-state index contributed by atoms with van der Waals surface area (Å²) < 4.78 is 6.09. The smallest absolute Gasteiger partial charge is 0.152 e. The second kappa shape index (κ2) is 7.32. The lowest BCUT2D eigenvalue weighted by molar-refractivity contribution is 0.429. The molecule has 1 saturated heterocycles. The number of halogens is 1. The van der Waals surface area contributed by atoms with E-state index in [1.54, 1.807) is 0 Å². The number of fused-ring (bicyclic) bond motifs is 1. The van der Waals surface area contributed by atoms with Crippen molar-refractivity contribution in [2.45, 2.75) is 24.6 Å². The Balaban J connectivity index is 1.90. The fraction of sp³-hybridized carbons (Fsp3) is 0.500. The number of furan rings is 1. The molecule has 0 amide bonds. The van der Waals surface area contributed by atoms with Crippen LogP contribution in [-0.4, -0.2) is 29.1 Å². The third-order valence-corrected chi connectivity index (χ3v) is 6.81. The maximum atomic E-state index is 6.24. The molecule has 5 heteroatoms. The SMILES string of the molecule is CCCNC(c1cc2cccc(Cl)c2o1)C1CSCCS1. The first-order chi connectivity index (χ1) is 10.3. The van der Waals surface area contributed by atoms with Crippen LogP contribution in [0.25, 0.3) is 11.0 Å². The van der Waals surface area contributed by atoms with Gasteiger partial charge in [-0.3, -0.25) is 0 Å². The Morgan fingerprint density at radius 3 is 3.05 bits per heavy atom. The van der Waals surface area contributed by atoms with Gasteiger partial charge < -0.3 is 9.73 Å². The summed E-state index contributed by atoms with van der Waals surface area (Å²) in [4.78, 5) is 0. The van der Waals surface area contributed by atoms with E-state index in [1.165, 1.54) is 17.3 Å². The number of para-hydroxylation sites is 1. The molecule has 0 radical (unpaired) electrons. The van der Waals surface area contributed by atoms with E-state index < -0.39 is 0 Å². The van der Waals surface area contributed by atoms with Crippen molar-refractivity contribution in [3.05, 3.63) is 35.0 Å². The van der Waals surface area contributed by atoms with Gasteiger partial charge in [-0.2, -0.15) is 23.5 Å². The Hall–Kier alpha value is -0.290. The molecule has 0 spiro atoms. The van der Waals surface area contributed by atoms with E-state index in [9.17, 15) is 0 Å². The molecule has 1 N–H and O–H groups in total. The molecule has 114 valence electrons. The molecule has 1 aromatic heterocycles. The number of rotatable bonds is 5. The molecule has 0 saturated carbocycles. The minimum atomic E-state index is 0.270. The molecule has 21 heavy (non-hydrogen) atoms. The lowest BCUT2D eigenvalue weighted by Crippen LogP contribution is -2.33. The number of thioether (sulfide) groups is 2. The Morgan fingerprint density at radius 2 is 2.33 bits per heavy atom. The van der Waals surface area contributed by atoms with Crippen LogP contribution in [0.3, 0.4) is 0 Å². The van der Waals surface area contributed by atoms with Gasteiger partial charge >= 0.3 is 0 Å². The molecule has 0 aliphatic carbocycles. The number of nitrogens with one attached hydrogen (secondary N) is 1. The molecule has 0 bridgehead atoms. The summed E-state index contributed by atoms with van der Waals surface area (Å²) in [6.45, 7) is 3.21. The zero-order valence-corrected chi connectivity index (χ0v) is 14.5. The van der Waals surface area contributed by atoms with Gasteiger partial charge in [0.05, 0.1) is 11.1 Å². The zero-order chi connectivity index (χ0) is 14.7. The summed E-state index contributed by atoms with van der Waals surface area (Å²) in [5.41, 5.74) is 0.811. The number of hydrogen-bond donors (Lipinski definition) is 1. The average Bonchev–Trinajstić information content (AvgIpc) is 2.94. The number of hydrogen-bond acceptors (Lipinski definition) is 4. The van der Waals surface area contributed by atoms with Crippen LogP contribution in [0, 0.1) is 0 Å². The van der Waals surface area contributed by atoms with Crippen LogP contribution in [0.5, 0.6) is 0 Å². The van der Waals surface area contributed by atoms with E-state index in [2.05, 4.69) is 36.1 Å². The third kappa shape index (κ3) is 3.55. The summed E-state index contributed by atoms with van der Waals surface area (Å²) in [7, 11) is 0. The molecule has 1 fully saturated rings. The minimum absolute atomic E-state index is 0.270. The van der Waals surface area contributed by atoms with E-state index in [4.69, 9.17) is 16.0 Å². The lowest BCUT2D eigenvalue weighted by atomic mass is 10.1. The van der Waals surface area contributed by atoms with E-state index in [1.807, 2.05) is 23.9 Å². The molecule has 2 aromatic rings. The van der Waals surface area contributed by atoms with Crippen molar-refractivity contribution < 1.29 is 4.42 Å². The second-order valence-electron chi connectivity index (χ2n) is 5.22. The van der Waals surface area contributed by atoms with Crippen LogP contribution in [0.15, 0.2) is 28.7 Å². The van der Waals surface area contributed by atoms with Gasteiger partial charge in [0.25, 0.3) is 0 Å². The topological polar surface area (TPSA) is 25.2 Å². The predicted octanol–water partition coefficient (Wildman–Crippen LogP) is 4.98. The second-order valence-corrected chi connectivity index (χ2v) is 8.13. The summed E-state index contributed by atoms with van der Waals surface area (Å²) >= 11 is 10.3. The molecule has 1 aliphatic heterocycles. The highest BCUT2D eigenvalue weighted by Crippen LogP contribution is 2.37. The van der Waals surface area contributed by atoms with Crippen LogP contribution in [-0.2, 0) is 0 Å². The van der Waals surface area contributed by atoms with Gasteiger partial charge in [-0.25, -0.2) is 0 Å². The Morgan fingerprint density at radius 1 is 1.43 bits per heavy atom. The van der Waals surface area contributed by atoms with Crippen molar-refractivity contribution in [3.63, 3.8) is 0 Å². The molecule has 2 nitrogen and oxygen atoms in total. The van der Waals surface area contributed by atoms with Gasteiger partial charge in [0.1, 0.15) is 5.76 Å². The van der Waals surface area contributed by atoms with Gasteiger partial charge in [-0.05, 0) is 25.1 Å². The van der Waals surface area contributed by atoms with Gasteiger partial charge in [0, 0.05) is 27.9 Å². The van der Waals surface area contributed by atoms with Crippen LogP contribution >= 0.6 is 35.1 Å². The minimum Gasteiger partial charge on any atom is -0.458 e. The predicted molar refractivity (Wildman–Crippen MR) is 95.8 cm³/mol. The maximum absolute atomic E-state index is 6.24. The van der Waals surface area contributed by atoms with Crippen molar-refractivity contribution >= 4 is 46.1 Å². The molecule has 3 rings (SSSR count). The molecular formula is C16H20ClNOS2. The van der Waals surface area contributed by atoms with Crippen molar-refractivity contribution in [2.75, 3.05) is 23.8 Å². The summed E-state index contributed by atoms with van der Waals surface area (Å²) in [5, 5.41) is 6.01. The molecule has 1 aromatic carbocycles. The van der Waals surface area contributed by atoms with E-state index >= 15 is 0 Å². The van der Waals surface area contributed by atoms with E-state index in [-0.39, 0.29) is 6.04 Å². The Kier molecular flexibility index (Phi) is 5.43. The quantitative estimate of drug-likeness (QED) is 0.829. The molecule has 2 atom stereocenters. The zero-order valence-electron chi connectivity index (χ0n) is 12.1. The summed E-state index contributed by atoms with van der Waals surface area (Å²) in [6, 6.07) is 8.34. The van der Waals surface area contributed by atoms with Gasteiger partial charge in [-0.15, -0.1) is 0 Å². The highest BCUT2D eigenvalue weighted by Gasteiger charge is 2.28. The molecule has 2 unspecified atom stereocenters. The molecule has 1 aliphatic rings. The van der Waals surface area contributed by atoms with Crippen LogP contribution in [0.2, 0.25) is 5.02 Å². The maximum Gasteiger partial charge on any atom is 0.152 e. The highest BCUT2D eigenvalue weighted by atomic mass is 35.5. The van der Waals surface area contributed by atoms with Crippen LogP contribution in [0.1, 0.15) is 25.1 Å². The third-order valence-electron chi connectivity index (χ3n) is 3.65. The standard InChI is InChI=1S/C16H20ClNOS2/c1-2-6-18-15(14-10-20-7-8-21-14)13-9-11-4-3-5-12(17)16(11)19-13/h3-5,9,14-15,18H,2,6-8,10H2,1H3. The summed E-state index contributed by atoms with van der Waals surface area (Å²) in [6.07, 6.45) is 1.13. The fourth-order valence-corrected chi connectivity index (χ4v) is 5.68. The molecule has 2 heterocycles.